The maximum Gasteiger partial charge on any atom is 0.150 e. The average molecular weight is 352 g/mol. The quantitative estimate of drug-likeness (QED) is 0.829. The minimum atomic E-state index is -0.383. The fourth-order valence-electron chi connectivity index (χ4n) is 1.12. The molecule has 0 heterocycles. The third kappa shape index (κ3) is 3.88. The van der Waals surface area contributed by atoms with Crippen LogP contribution in [0.2, 0.25) is 0 Å². The molecule has 0 bridgehead atoms. The van der Waals surface area contributed by atoms with Crippen molar-refractivity contribution in [1.82, 2.24) is 0 Å². The van der Waals surface area contributed by atoms with E-state index < -0.39 is 0 Å². The van der Waals surface area contributed by atoms with Gasteiger partial charge < -0.3 is 9.84 Å². The van der Waals surface area contributed by atoms with Gasteiger partial charge in [0.1, 0.15) is 12.0 Å². The zero-order valence-corrected chi connectivity index (χ0v) is 11.9. The minimum absolute atomic E-state index is 0.383. The van der Waals surface area contributed by atoms with Crippen LogP contribution in [0.5, 0.6) is 5.75 Å². The second-order valence-corrected chi connectivity index (χ2v) is 5.13. The van der Waals surface area contributed by atoms with Crippen molar-refractivity contribution in [2.45, 2.75) is 19.4 Å². The number of aldehydes is 1. The average Bonchev–Trinajstić information content (AvgIpc) is 2.21. The van der Waals surface area contributed by atoms with Crippen molar-refractivity contribution in [2.24, 2.45) is 0 Å². The molecule has 1 aromatic rings. The lowest BCUT2D eigenvalue weighted by Gasteiger charge is -2.11. The van der Waals surface area contributed by atoms with E-state index in [0.717, 1.165) is 15.2 Å². The molecule has 0 spiro atoms. The number of ether oxygens (including phenoxy) is 1. The Bertz CT molecular complexity index is 354. The van der Waals surface area contributed by atoms with Gasteiger partial charge >= 0.3 is 0 Å². The van der Waals surface area contributed by atoms with Gasteiger partial charge in [0, 0.05) is 12.0 Å². The van der Waals surface area contributed by atoms with E-state index in [2.05, 4.69) is 31.9 Å². The Morgan fingerprint density at radius 2 is 2.00 bits per heavy atom. The minimum Gasteiger partial charge on any atom is -0.491 e. The van der Waals surface area contributed by atoms with Gasteiger partial charge in [-0.05, 0) is 50.9 Å². The molecule has 0 aromatic heterocycles. The summed E-state index contributed by atoms with van der Waals surface area (Å²) in [5.41, 5.74) is 0.571. The summed E-state index contributed by atoms with van der Waals surface area (Å²) in [6, 6.07) is 3.38. The lowest BCUT2D eigenvalue weighted by Crippen LogP contribution is -2.08. The third-order valence-corrected chi connectivity index (χ3v) is 3.12. The Labute approximate surface area is 111 Å². The molecular weight excluding hydrogens is 340 g/mol. The molecule has 0 aliphatic heterocycles. The van der Waals surface area contributed by atoms with E-state index in [4.69, 9.17) is 9.84 Å². The summed E-state index contributed by atoms with van der Waals surface area (Å²) in [5.74, 6) is 0.645. The van der Waals surface area contributed by atoms with Gasteiger partial charge in [0.05, 0.1) is 21.7 Å². The molecule has 0 aliphatic carbocycles. The molecule has 1 N–H and O–H groups in total. The van der Waals surface area contributed by atoms with Crippen LogP contribution in [0.25, 0.3) is 0 Å². The number of rotatable bonds is 5. The number of aliphatic hydroxyl groups excluding tert-OH is 1. The van der Waals surface area contributed by atoms with Crippen molar-refractivity contribution < 1.29 is 14.6 Å². The van der Waals surface area contributed by atoms with Crippen LogP contribution in [0.1, 0.15) is 23.7 Å². The van der Waals surface area contributed by atoms with Crippen LogP contribution in [0.3, 0.4) is 0 Å². The monoisotopic (exact) mass is 350 g/mol. The van der Waals surface area contributed by atoms with Gasteiger partial charge in [0.25, 0.3) is 0 Å². The lowest BCUT2D eigenvalue weighted by atomic mass is 10.2. The fraction of sp³-hybridized carbons (Fsp3) is 0.364. The van der Waals surface area contributed by atoms with Crippen molar-refractivity contribution in [1.29, 1.82) is 0 Å². The van der Waals surface area contributed by atoms with Crippen LogP contribution in [0.15, 0.2) is 21.1 Å². The summed E-state index contributed by atoms with van der Waals surface area (Å²) < 4.78 is 6.94. The standard InChI is InChI=1S/C11H12Br2O3/c1-7(15)2-3-16-11-9(12)4-8(6-14)5-10(11)13/h4-7,15H,2-3H2,1H3. The molecular formula is C11H12Br2O3. The largest absolute Gasteiger partial charge is 0.491 e. The van der Waals surface area contributed by atoms with E-state index in [1.807, 2.05) is 0 Å². The van der Waals surface area contributed by atoms with E-state index in [0.29, 0.717) is 24.3 Å². The maximum atomic E-state index is 10.6. The van der Waals surface area contributed by atoms with Crippen molar-refractivity contribution in [2.75, 3.05) is 6.61 Å². The Kier molecular flexibility index (Phi) is 5.44. The van der Waals surface area contributed by atoms with Gasteiger partial charge in [-0.2, -0.15) is 0 Å². The Morgan fingerprint density at radius 3 is 2.44 bits per heavy atom. The SMILES string of the molecule is CC(O)CCOc1c(Br)cc(C=O)cc1Br. The van der Waals surface area contributed by atoms with Gasteiger partial charge in [-0.15, -0.1) is 0 Å². The van der Waals surface area contributed by atoms with E-state index >= 15 is 0 Å². The van der Waals surface area contributed by atoms with Gasteiger partial charge in [0.15, 0.2) is 0 Å². The van der Waals surface area contributed by atoms with Gasteiger partial charge in [-0.25, -0.2) is 0 Å². The van der Waals surface area contributed by atoms with Crippen LogP contribution < -0.4 is 4.74 Å². The summed E-state index contributed by atoms with van der Waals surface area (Å²) in [6.07, 6.45) is 0.954. The molecule has 0 amide bonds. The topological polar surface area (TPSA) is 46.5 Å². The molecule has 0 fully saturated rings. The molecule has 16 heavy (non-hydrogen) atoms. The highest BCUT2D eigenvalue weighted by atomic mass is 79.9. The van der Waals surface area contributed by atoms with E-state index in [-0.39, 0.29) is 6.10 Å². The Morgan fingerprint density at radius 1 is 1.44 bits per heavy atom. The van der Waals surface area contributed by atoms with Crippen LogP contribution in [-0.4, -0.2) is 24.1 Å². The third-order valence-electron chi connectivity index (χ3n) is 1.94. The van der Waals surface area contributed by atoms with E-state index in [9.17, 15) is 4.79 Å². The Balaban J connectivity index is 2.76. The molecule has 0 saturated carbocycles. The highest BCUT2D eigenvalue weighted by Gasteiger charge is 2.09. The van der Waals surface area contributed by atoms with E-state index in [1.54, 1.807) is 19.1 Å². The Hall–Kier alpha value is -0.390. The van der Waals surface area contributed by atoms with Crippen molar-refractivity contribution >= 4 is 38.1 Å². The number of benzene rings is 1. The molecule has 5 heteroatoms. The van der Waals surface area contributed by atoms with Crippen LogP contribution in [-0.2, 0) is 0 Å². The van der Waals surface area contributed by atoms with Crippen LogP contribution >= 0.6 is 31.9 Å². The number of carbonyl (C=O) groups is 1. The summed E-state index contributed by atoms with van der Waals surface area (Å²) in [6.45, 7) is 2.14. The summed E-state index contributed by atoms with van der Waals surface area (Å²) in [7, 11) is 0. The molecule has 0 radical (unpaired) electrons. The molecule has 88 valence electrons. The smallest absolute Gasteiger partial charge is 0.150 e. The first-order chi connectivity index (χ1) is 7.54. The number of carbonyl (C=O) groups excluding carboxylic acids is 1. The first-order valence-corrected chi connectivity index (χ1v) is 6.38. The summed E-state index contributed by atoms with van der Waals surface area (Å²) in [4.78, 5) is 10.6. The maximum absolute atomic E-state index is 10.6. The summed E-state index contributed by atoms with van der Waals surface area (Å²) >= 11 is 6.66. The van der Waals surface area contributed by atoms with E-state index in [1.165, 1.54) is 0 Å². The van der Waals surface area contributed by atoms with Gasteiger partial charge in [-0.3, -0.25) is 4.79 Å². The first kappa shape index (κ1) is 13.7. The zero-order valence-electron chi connectivity index (χ0n) is 8.74. The lowest BCUT2D eigenvalue weighted by molar-refractivity contribution is 0.112. The first-order valence-electron chi connectivity index (χ1n) is 4.79. The molecule has 1 unspecified atom stereocenters. The normalized spacial score (nSPS) is 12.2. The van der Waals surface area contributed by atoms with Crippen LogP contribution in [0, 0.1) is 0 Å². The number of hydrogen-bond donors (Lipinski definition) is 1. The molecule has 1 aromatic carbocycles. The number of halogens is 2. The van der Waals surface area contributed by atoms with Crippen LogP contribution in [0.4, 0.5) is 0 Å². The molecule has 0 aliphatic rings. The highest BCUT2D eigenvalue weighted by Crippen LogP contribution is 2.34. The predicted octanol–water partition coefficient (Wildman–Crippen LogP) is 3.17. The number of aliphatic hydroxyl groups is 1. The fourth-order valence-corrected chi connectivity index (χ4v) is 2.57. The van der Waals surface area contributed by atoms with Crippen molar-refractivity contribution in [3.05, 3.63) is 26.6 Å². The predicted molar refractivity (Wildman–Crippen MR) is 69.0 cm³/mol. The van der Waals surface area contributed by atoms with Crippen molar-refractivity contribution in [3.8, 4) is 5.75 Å². The second-order valence-electron chi connectivity index (χ2n) is 3.42. The molecule has 0 saturated heterocycles. The van der Waals surface area contributed by atoms with Gasteiger partial charge in [0.2, 0.25) is 0 Å². The zero-order chi connectivity index (χ0) is 12.1. The summed E-state index contributed by atoms with van der Waals surface area (Å²) in [5, 5.41) is 9.10. The molecule has 1 atom stereocenters. The second kappa shape index (κ2) is 6.37. The number of hydrogen-bond acceptors (Lipinski definition) is 3. The van der Waals surface area contributed by atoms with Crippen molar-refractivity contribution in [3.63, 3.8) is 0 Å². The molecule has 1 rings (SSSR count). The van der Waals surface area contributed by atoms with Gasteiger partial charge in [-0.1, -0.05) is 0 Å². The molecule has 3 nitrogen and oxygen atoms in total. The highest BCUT2D eigenvalue weighted by molar-refractivity contribution is 9.11.